The zero-order valence-corrected chi connectivity index (χ0v) is 18.2. The van der Waals surface area contributed by atoms with Crippen LogP contribution in [0.2, 0.25) is 5.02 Å². The van der Waals surface area contributed by atoms with E-state index in [2.05, 4.69) is 10.3 Å². The highest BCUT2D eigenvalue weighted by Gasteiger charge is 2.24. The number of hydrogen-bond acceptors (Lipinski definition) is 5. The van der Waals surface area contributed by atoms with Gasteiger partial charge in [0.1, 0.15) is 12.4 Å². The van der Waals surface area contributed by atoms with Crippen LogP contribution >= 0.6 is 23.4 Å². The van der Waals surface area contributed by atoms with E-state index >= 15 is 0 Å². The number of thioether (sulfide) groups is 1. The number of aliphatic imine (C=N–C) groups is 1. The number of nitrogens with one attached hydrogen (secondary N) is 1. The molecule has 3 aromatic rings. The summed E-state index contributed by atoms with van der Waals surface area (Å²) in [7, 11) is 0. The number of ether oxygens (including phenoxy) is 1. The summed E-state index contributed by atoms with van der Waals surface area (Å²) in [4.78, 5) is 28.5. The van der Waals surface area contributed by atoms with Gasteiger partial charge in [0.05, 0.1) is 16.2 Å². The van der Waals surface area contributed by atoms with Crippen LogP contribution in [0.15, 0.2) is 82.7 Å². The third-order valence-corrected chi connectivity index (χ3v) is 5.64. The van der Waals surface area contributed by atoms with E-state index in [1.54, 1.807) is 24.3 Å². The van der Waals surface area contributed by atoms with E-state index in [1.165, 1.54) is 6.07 Å². The number of nitrogens with zero attached hydrogens (tertiary/aromatic N) is 1. The predicted molar refractivity (Wildman–Crippen MR) is 126 cm³/mol. The maximum Gasteiger partial charge on any atom is 0.337 e. The molecule has 0 atom stereocenters. The molecule has 0 bridgehead atoms. The van der Waals surface area contributed by atoms with Gasteiger partial charge in [-0.3, -0.25) is 4.79 Å². The Balaban J connectivity index is 1.48. The third kappa shape index (κ3) is 5.38. The van der Waals surface area contributed by atoms with Crippen LogP contribution in [-0.4, -0.2) is 22.2 Å². The van der Waals surface area contributed by atoms with Crippen LogP contribution in [0.1, 0.15) is 21.5 Å². The van der Waals surface area contributed by atoms with E-state index < -0.39 is 5.97 Å². The number of carbonyl (C=O) groups is 2. The average Bonchev–Trinajstić information content (AvgIpc) is 3.12. The molecule has 0 aliphatic carbocycles. The number of amides is 1. The number of aromatic carboxylic acids is 1. The van der Waals surface area contributed by atoms with Crippen molar-refractivity contribution in [2.75, 3.05) is 0 Å². The van der Waals surface area contributed by atoms with Gasteiger partial charge in [0, 0.05) is 5.02 Å². The van der Waals surface area contributed by atoms with Gasteiger partial charge in [0.15, 0.2) is 5.17 Å². The van der Waals surface area contributed by atoms with Crippen molar-refractivity contribution >= 4 is 52.2 Å². The fourth-order valence-corrected chi connectivity index (χ4v) is 3.90. The van der Waals surface area contributed by atoms with Crippen molar-refractivity contribution in [1.82, 2.24) is 5.32 Å². The number of carboxylic acids is 1. The molecule has 0 unspecified atom stereocenters. The molecule has 1 aliphatic rings. The van der Waals surface area contributed by atoms with Crippen molar-refractivity contribution in [3.63, 3.8) is 0 Å². The van der Waals surface area contributed by atoms with Crippen molar-refractivity contribution in [3.05, 3.63) is 99.4 Å². The summed E-state index contributed by atoms with van der Waals surface area (Å²) >= 11 is 7.05. The molecule has 6 nitrogen and oxygen atoms in total. The van der Waals surface area contributed by atoms with Gasteiger partial charge in [-0.05, 0) is 65.4 Å². The lowest BCUT2D eigenvalue weighted by molar-refractivity contribution is -0.115. The summed E-state index contributed by atoms with van der Waals surface area (Å²) in [5.41, 5.74) is 2.13. The third-order valence-electron chi connectivity index (χ3n) is 4.48. The van der Waals surface area contributed by atoms with E-state index in [-0.39, 0.29) is 17.2 Å². The summed E-state index contributed by atoms with van der Waals surface area (Å²) in [6.07, 6.45) is 1.74. The summed E-state index contributed by atoms with van der Waals surface area (Å²) in [6.45, 7) is 0.395. The van der Waals surface area contributed by atoms with Crippen molar-refractivity contribution < 1.29 is 19.4 Å². The minimum Gasteiger partial charge on any atom is -0.489 e. The summed E-state index contributed by atoms with van der Waals surface area (Å²) < 4.78 is 5.84. The maximum atomic E-state index is 12.4. The highest BCUT2D eigenvalue weighted by molar-refractivity contribution is 8.18. The van der Waals surface area contributed by atoms with Crippen molar-refractivity contribution in [2.24, 2.45) is 4.99 Å². The fourth-order valence-electron chi connectivity index (χ4n) is 2.93. The van der Waals surface area contributed by atoms with Gasteiger partial charge in [0.25, 0.3) is 5.91 Å². The van der Waals surface area contributed by atoms with Crippen LogP contribution in [0.25, 0.3) is 6.08 Å². The van der Waals surface area contributed by atoms with Crippen molar-refractivity contribution in [2.45, 2.75) is 6.61 Å². The minimum atomic E-state index is -1.08. The first-order valence-electron chi connectivity index (χ1n) is 9.57. The van der Waals surface area contributed by atoms with E-state index in [1.807, 2.05) is 48.5 Å². The largest absolute Gasteiger partial charge is 0.489 e. The van der Waals surface area contributed by atoms with Crippen LogP contribution in [0.4, 0.5) is 5.69 Å². The SMILES string of the molecule is O=C1NC(=Nc2ccccc2C(=O)O)SC1=Cc1cccc(OCc2ccc(Cl)cc2)c1. The van der Waals surface area contributed by atoms with Gasteiger partial charge >= 0.3 is 5.97 Å². The molecule has 3 aromatic carbocycles. The van der Waals surface area contributed by atoms with Gasteiger partial charge in [-0.2, -0.15) is 0 Å². The first-order chi connectivity index (χ1) is 15.5. The second kappa shape index (κ2) is 9.72. The van der Waals surface area contributed by atoms with Gasteiger partial charge in [-0.1, -0.05) is 48.0 Å². The molecule has 0 saturated carbocycles. The first-order valence-corrected chi connectivity index (χ1v) is 10.8. The lowest BCUT2D eigenvalue weighted by atomic mass is 10.2. The second-order valence-electron chi connectivity index (χ2n) is 6.79. The Morgan fingerprint density at radius 1 is 1.09 bits per heavy atom. The molecule has 8 heteroatoms. The number of carboxylic acid groups (broad SMARTS) is 1. The van der Waals surface area contributed by atoms with Crippen LogP contribution in [-0.2, 0) is 11.4 Å². The number of benzene rings is 3. The predicted octanol–water partition coefficient (Wildman–Crippen LogP) is 5.51. The van der Waals surface area contributed by atoms with E-state index in [0.29, 0.717) is 27.5 Å². The second-order valence-corrected chi connectivity index (χ2v) is 8.26. The van der Waals surface area contributed by atoms with Crippen molar-refractivity contribution in [3.8, 4) is 5.75 Å². The highest BCUT2D eigenvalue weighted by Crippen LogP contribution is 2.30. The molecular formula is C24H17ClN2O4S. The molecule has 1 amide bonds. The number of hydrogen-bond donors (Lipinski definition) is 2. The number of para-hydroxylation sites is 1. The molecule has 32 heavy (non-hydrogen) atoms. The molecule has 1 aliphatic heterocycles. The Hall–Kier alpha value is -3.55. The number of carbonyl (C=O) groups excluding carboxylic acids is 1. The van der Waals surface area contributed by atoms with E-state index in [0.717, 1.165) is 22.9 Å². The molecule has 1 fully saturated rings. The van der Waals surface area contributed by atoms with E-state index in [4.69, 9.17) is 16.3 Å². The van der Waals surface area contributed by atoms with Gasteiger partial charge < -0.3 is 15.2 Å². The molecule has 160 valence electrons. The molecule has 1 heterocycles. The topological polar surface area (TPSA) is 88.0 Å². The Kier molecular flexibility index (Phi) is 6.58. The van der Waals surface area contributed by atoms with Crippen LogP contribution < -0.4 is 10.1 Å². The Labute approximate surface area is 193 Å². The van der Waals surface area contributed by atoms with Crippen LogP contribution in [0.3, 0.4) is 0 Å². The minimum absolute atomic E-state index is 0.0674. The standard InChI is InChI=1S/C24H17ClN2O4S/c25-17-10-8-15(9-11-17)14-31-18-5-3-4-16(12-18)13-21-22(28)27-24(32-21)26-20-7-2-1-6-19(20)23(29)30/h1-13H,14H2,(H,29,30)(H,26,27,28). The smallest absolute Gasteiger partial charge is 0.337 e. The average molecular weight is 465 g/mol. The Bertz CT molecular complexity index is 1240. The Morgan fingerprint density at radius 2 is 1.88 bits per heavy atom. The first kappa shape index (κ1) is 21.7. The molecule has 0 aromatic heterocycles. The van der Waals surface area contributed by atoms with Crippen molar-refractivity contribution in [1.29, 1.82) is 0 Å². The molecule has 2 N–H and O–H groups in total. The summed E-state index contributed by atoms with van der Waals surface area (Å²) in [6, 6.07) is 21.2. The molecule has 0 radical (unpaired) electrons. The maximum absolute atomic E-state index is 12.4. The highest BCUT2D eigenvalue weighted by atomic mass is 35.5. The van der Waals surface area contributed by atoms with Crippen LogP contribution in [0, 0.1) is 0 Å². The monoisotopic (exact) mass is 464 g/mol. The molecule has 4 rings (SSSR count). The molecular weight excluding hydrogens is 448 g/mol. The summed E-state index contributed by atoms with van der Waals surface area (Å²) in [5.74, 6) is -0.707. The van der Waals surface area contributed by atoms with Gasteiger partial charge in [-0.15, -0.1) is 0 Å². The lowest BCUT2D eigenvalue weighted by Gasteiger charge is -2.07. The zero-order chi connectivity index (χ0) is 22.5. The lowest BCUT2D eigenvalue weighted by Crippen LogP contribution is -2.19. The number of amidine groups is 1. The molecule has 0 spiro atoms. The van der Waals surface area contributed by atoms with Gasteiger partial charge in [0.2, 0.25) is 0 Å². The normalized spacial score (nSPS) is 15.7. The van der Waals surface area contributed by atoms with E-state index in [9.17, 15) is 14.7 Å². The number of halogens is 1. The van der Waals surface area contributed by atoms with Crippen LogP contribution in [0.5, 0.6) is 5.75 Å². The summed E-state index contributed by atoms with van der Waals surface area (Å²) in [5, 5.41) is 13.0. The van der Waals surface area contributed by atoms with Gasteiger partial charge in [-0.25, -0.2) is 9.79 Å². The fraction of sp³-hybridized carbons (Fsp3) is 0.0417. The Morgan fingerprint density at radius 3 is 2.66 bits per heavy atom. The molecule has 1 saturated heterocycles. The zero-order valence-electron chi connectivity index (χ0n) is 16.6. The number of rotatable bonds is 6. The quantitative estimate of drug-likeness (QED) is 0.470.